The van der Waals surface area contributed by atoms with Gasteiger partial charge in [0.2, 0.25) is 11.6 Å². The molecule has 0 fully saturated rings. The topological polar surface area (TPSA) is 234 Å². The maximum atomic E-state index is 5.46. The van der Waals surface area contributed by atoms with E-state index in [0.29, 0.717) is 0 Å². The van der Waals surface area contributed by atoms with Crippen molar-refractivity contribution in [1.29, 1.82) is 0 Å². The number of aromatic amines is 2. The molecule has 16 heteroatoms. The lowest BCUT2D eigenvalue weighted by atomic mass is 10.3. The van der Waals surface area contributed by atoms with Gasteiger partial charge in [-0.2, -0.15) is 0 Å². The first-order chi connectivity index (χ1) is 9.75. The zero-order chi connectivity index (χ0) is 14.1. The minimum Gasteiger partial charge on any atom is -0.268 e. The molecular formula is C4H10N16. The monoisotopic (exact) mass is 282 g/mol. The van der Waals surface area contributed by atoms with E-state index in [1.165, 1.54) is 0 Å². The maximum absolute atomic E-state index is 5.46. The molecule has 3 heterocycles. The third-order valence-corrected chi connectivity index (χ3v) is 2.57. The van der Waals surface area contributed by atoms with Gasteiger partial charge in [-0.1, -0.05) is 0 Å². The van der Waals surface area contributed by atoms with Crippen molar-refractivity contribution in [2.24, 2.45) is 21.9 Å². The largest absolute Gasteiger partial charge is 0.271 e. The Labute approximate surface area is 109 Å². The first-order valence-corrected chi connectivity index (χ1v) is 5.17. The zero-order valence-corrected chi connectivity index (χ0v) is 9.73. The fourth-order valence-electron chi connectivity index (χ4n) is 1.49. The highest BCUT2D eigenvalue weighted by molar-refractivity contribution is 5.05. The van der Waals surface area contributed by atoms with Crippen molar-refractivity contribution in [1.82, 2.24) is 63.0 Å². The van der Waals surface area contributed by atoms with Gasteiger partial charge in [0.25, 0.3) is 11.6 Å². The summed E-state index contributed by atoms with van der Waals surface area (Å²) in [6, 6.07) is 0. The van der Waals surface area contributed by atoms with E-state index in [1.54, 1.807) is 0 Å². The molecular weight excluding hydrogens is 272 g/mol. The molecule has 2 atom stereocenters. The van der Waals surface area contributed by atoms with Crippen LogP contribution in [0.4, 0.5) is 0 Å². The number of aromatic nitrogens is 8. The van der Waals surface area contributed by atoms with Crippen LogP contribution in [-0.2, 0) is 11.6 Å². The van der Waals surface area contributed by atoms with Gasteiger partial charge in [-0.25, -0.2) is 31.9 Å². The minimum absolute atomic E-state index is 0.178. The maximum Gasteiger partial charge on any atom is 0.271 e. The van der Waals surface area contributed by atoms with Crippen LogP contribution in [0, 0.1) is 0 Å². The Kier molecular flexibility index (Phi) is 2.85. The fraction of sp³-hybridized carbons (Fsp3) is 0.500. The molecule has 3 rings (SSSR count). The van der Waals surface area contributed by atoms with Crippen LogP contribution < -0.4 is 33.4 Å². The second kappa shape index (κ2) is 4.56. The van der Waals surface area contributed by atoms with E-state index < -0.39 is 11.6 Å². The van der Waals surface area contributed by atoms with Crippen molar-refractivity contribution in [2.45, 2.75) is 11.6 Å². The molecule has 0 aromatic carbocycles. The lowest BCUT2D eigenvalue weighted by Crippen LogP contribution is -2.71. The summed E-state index contributed by atoms with van der Waals surface area (Å²) in [5.74, 6) is 8.46. The molecule has 2 aromatic heterocycles. The van der Waals surface area contributed by atoms with E-state index in [0.717, 1.165) is 0 Å². The molecule has 2 unspecified atom stereocenters. The molecule has 1 aliphatic rings. The van der Waals surface area contributed by atoms with Crippen LogP contribution in [-0.4, -0.2) is 41.2 Å². The summed E-state index contributed by atoms with van der Waals surface area (Å²) in [6.45, 7) is 0. The predicted octanol–water partition coefficient (Wildman–Crippen LogP) is -4.88. The van der Waals surface area contributed by atoms with E-state index in [1.807, 2.05) is 0 Å². The van der Waals surface area contributed by atoms with E-state index in [2.05, 4.69) is 73.2 Å². The summed E-state index contributed by atoms with van der Waals surface area (Å²) in [6.07, 6.45) is 0. The number of tetrazole rings is 2. The highest BCUT2D eigenvalue weighted by Gasteiger charge is 2.46. The highest BCUT2D eigenvalue weighted by atomic mass is 15.7. The number of hydrogen-bond donors (Lipinski definition) is 8. The third kappa shape index (κ3) is 1.72. The van der Waals surface area contributed by atoms with Gasteiger partial charge in [0.1, 0.15) is 0 Å². The number of rotatable bonds is 4. The summed E-state index contributed by atoms with van der Waals surface area (Å²) < 4.78 is 0. The molecule has 10 N–H and O–H groups in total. The molecule has 0 aliphatic carbocycles. The molecule has 20 heavy (non-hydrogen) atoms. The van der Waals surface area contributed by atoms with E-state index in [9.17, 15) is 0 Å². The van der Waals surface area contributed by atoms with Gasteiger partial charge in [0.15, 0.2) is 0 Å². The molecule has 0 saturated carbocycles. The average Bonchev–Trinajstić information content (AvgIpc) is 3.20. The third-order valence-electron chi connectivity index (χ3n) is 2.57. The SMILES string of the molecule is NNC1(c2nnn[nH]2)N=NC(NN)(c2nnn[nH]2)NN1. The average molecular weight is 282 g/mol. The zero-order valence-electron chi connectivity index (χ0n) is 9.73. The van der Waals surface area contributed by atoms with Gasteiger partial charge >= 0.3 is 0 Å². The van der Waals surface area contributed by atoms with Gasteiger partial charge in [-0.15, -0.1) is 20.4 Å². The van der Waals surface area contributed by atoms with Crippen LogP contribution in [0.15, 0.2) is 10.2 Å². The van der Waals surface area contributed by atoms with Crippen LogP contribution >= 0.6 is 0 Å². The van der Waals surface area contributed by atoms with Crippen LogP contribution in [0.25, 0.3) is 0 Å². The van der Waals surface area contributed by atoms with Crippen molar-refractivity contribution in [3.05, 3.63) is 11.6 Å². The summed E-state index contributed by atoms with van der Waals surface area (Å²) in [7, 11) is 0. The predicted molar refractivity (Wildman–Crippen MR) is 57.5 cm³/mol. The van der Waals surface area contributed by atoms with Crippen molar-refractivity contribution in [2.75, 3.05) is 0 Å². The lowest BCUT2D eigenvalue weighted by Gasteiger charge is -2.37. The number of H-pyrrole nitrogens is 2. The van der Waals surface area contributed by atoms with Gasteiger partial charge in [-0.05, 0) is 20.9 Å². The molecule has 0 bridgehead atoms. The fourth-order valence-corrected chi connectivity index (χ4v) is 1.49. The first kappa shape index (κ1) is 12.5. The van der Waals surface area contributed by atoms with Crippen molar-refractivity contribution in [3.8, 4) is 0 Å². The van der Waals surface area contributed by atoms with Gasteiger partial charge in [0, 0.05) is 0 Å². The Balaban J connectivity index is 1.97. The van der Waals surface area contributed by atoms with Crippen LogP contribution in [0.3, 0.4) is 0 Å². The number of azo groups is 1. The Bertz CT molecular complexity index is 517. The standard InChI is InChI=1S/C4H10N16/c5-11-3(1-7-17-18-8-1)13-15-4(12-6,16-14-3)2-9-19-20-10-2/h11-13,15H,5-6H2,(H,7,8,17,18)(H,9,10,19,20). The summed E-state index contributed by atoms with van der Waals surface area (Å²) in [5, 5.41) is 34.1. The Morgan fingerprint density at radius 3 is 1.50 bits per heavy atom. The number of nitrogens with one attached hydrogen (secondary N) is 6. The molecule has 0 saturated heterocycles. The van der Waals surface area contributed by atoms with Crippen LogP contribution in [0.5, 0.6) is 0 Å². The number of hydrogen-bond acceptors (Lipinski definition) is 14. The highest BCUT2D eigenvalue weighted by Crippen LogP contribution is 2.24. The van der Waals surface area contributed by atoms with Gasteiger partial charge < -0.3 is 0 Å². The second-order valence-corrected chi connectivity index (χ2v) is 3.66. The van der Waals surface area contributed by atoms with E-state index in [4.69, 9.17) is 11.7 Å². The summed E-state index contributed by atoms with van der Waals surface area (Å²) in [5.41, 5.74) is 10.3. The molecule has 16 nitrogen and oxygen atoms in total. The Hall–Kier alpha value is -2.50. The minimum atomic E-state index is -1.41. The quantitative estimate of drug-likeness (QED) is 0.194. The molecule has 0 radical (unpaired) electrons. The molecule has 0 spiro atoms. The molecule has 0 amide bonds. The van der Waals surface area contributed by atoms with E-state index >= 15 is 0 Å². The normalized spacial score (nSPS) is 29.7. The number of nitrogens with two attached hydrogens (primary N) is 2. The molecule has 2 aromatic rings. The summed E-state index contributed by atoms with van der Waals surface area (Å²) in [4.78, 5) is 0. The van der Waals surface area contributed by atoms with Gasteiger partial charge in [0.05, 0.1) is 0 Å². The van der Waals surface area contributed by atoms with Crippen molar-refractivity contribution >= 4 is 0 Å². The smallest absolute Gasteiger partial charge is 0.268 e. The second-order valence-electron chi connectivity index (χ2n) is 3.66. The molecule has 106 valence electrons. The Morgan fingerprint density at radius 2 is 1.25 bits per heavy atom. The Morgan fingerprint density at radius 1 is 0.800 bits per heavy atom. The number of hydrazine groups is 3. The van der Waals surface area contributed by atoms with Crippen molar-refractivity contribution in [3.63, 3.8) is 0 Å². The van der Waals surface area contributed by atoms with Gasteiger partial charge in [-0.3, -0.25) is 11.7 Å². The first-order valence-electron chi connectivity index (χ1n) is 5.17. The molecule has 1 aliphatic heterocycles. The van der Waals surface area contributed by atoms with Crippen LogP contribution in [0.1, 0.15) is 11.6 Å². The van der Waals surface area contributed by atoms with Crippen molar-refractivity contribution < 1.29 is 0 Å². The summed E-state index contributed by atoms with van der Waals surface area (Å²) >= 11 is 0. The lowest BCUT2D eigenvalue weighted by molar-refractivity contribution is 0.0789. The van der Waals surface area contributed by atoms with Crippen LogP contribution in [0.2, 0.25) is 0 Å². The number of nitrogens with zero attached hydrogens (tertiary/aromatic N) is 8. The van der Waals surface area contributed by atoms with E-state index in [-0.39, 0.29) is 11.6 Å².